The maximum atomic E-state index is 13.0. The molecule has 0 atom stereocenters. The number of anilines is 2. The Morgan fingerprint density at radius 3 is 2.40 bits per heavy atom. The molecule has 0 fully saturated rings. The average molecular weight is 456 g/mol. The molecule has 0 amide bonds. The summed E-state index contributed by atoms with van der Waals surface area (Å²) in [5, 5.41) is 9.51. The van der Waals surface area contributed by atoms with E-state index in [0.717, 1.165) is 6.54 Å². The van der Waals surface area contributed by atoms with Gasteiger partial charge in [0.1, 0.15) is 5.75 Å². The summed E-state index contributed by atoms with van der Waals surface area (Å²) in [4.78, 5) is 15.4. The molecule has 0 saturated heterocycles. The molecule has 8 nitrogen and oxygen atoms in total. The van der Waals surface area contributed by atoms with Crippen LogP contribution in [0.4, 0.5) is 11.4 Å². The van der Waals surface area contributed by atoms with Crippen molar-refractivity contribution in [3.05, 3.63) is 47.0 Å². The number of likely N-dealkylation sites (N-methyl/N-ethyl adjacent to an activating group) is 2. The van der Waals surface area contributed by atoms with E-state index < -0.39 is 16.0 Å². The Kier molecular flexibility index (Phi) is 7.94. The summed E-state index contributed by atoms with van der Waals surface area (Å²) >= 11 is 6.07. The van der Waals surface area contributed by atoms with E-state index in [0.29, 0.717) is 24.5 Å². The summed E-state index contributed by atoms with van der Waals surface area (Å²) in [5.74, 6) is -0.796. The summed E-state index contributed by atoms with van der Waals surface area (Å²) < 4.78 is 33.5. The van der Waals surface area contributed by atoms with Crippen LogP contribution in [-0.4, -0.2) is 65.2 Å². The van der Waals surface area contributed by atoms with Crippen LogP contribution in [0, 0.1) is 0 Å². The van der Waals surface area contributed by atoms with Crippen LogP contribution in [0.15, 0.2) is 41.3 Å². The third kappa shape index (κ3) is 5.78. The molecule has 0 aromatic heterocycles. The Labute approximate surface area is 182 Å². The van der Waals surface area contributed by atoms with Crippen LogP contribution in [0.3, 0.4) is 0 Å². The van der Waals surface area contributed by atoms with Crippen molar-refractivity contribution in [2.75, 3.05) is 50.5 Å². The summed E-state index contributed by atoms with van der Waals surface area (Å²) in [6, 6.07) is 8.50. The van der Waals surface area contributed by atoms with Crippen LogP contribution >= 0.6 is 11.6 Å². The highest BCUT2D eigenvalue weighted by molar-refractivity contribution is 7.92. The monoisotopic (exact) mass is 455 g/mol. The molecule has 0 radical (unpaired) electrons. The number of sulfonamides is 1. The highest BCUT2D eigenvalue weighted by Crippen LogP contribution is 2.32. The van der Waals surface area contributed by atoms with E-state index in [9.17, 15) is 18.3 Å². The lowest BCUT2D eigenvalue weighted by Gasteiger charge is -2.27. The smallest absolute Gasteiger partial charge is 0.335 e. The third-order valence-electron chi connectivity index (χ3n) is 4.46. The Bertz CT molecular complexity index is 1010. The molecule has 0 aliphatic heterocycles. The molecular weight excluding hydrogens is 430 g/mol. The second-order valence-corrected chi connectivity index (χ2v) is 8.91. The van der Waals surface area contributed by atoms with Crippen molar-refractivity contribution in [2.24, 2.45) is 0 Å². The largest absolute Gasteiger partial charge is 0.495 e. The standard InChI is InChI=1S/C20H26ClN3O5S/c1-5-24(11-10-23(2)3)18-8-6-14(20(25)26)12-17(18)22-30(27,28)15-7-9-19(29-4)16(21)13-15/h6-9,12-13,22H,5,10-11H2,1-4H3,(H,25,26). The van der Waals surface area contributed by atoms with E-state index >= 15 is 0 Å². The van der Waals surface area contributed by atoms with Crippen LogP contribution in [0.1, 0.15) is 17.3 Å². The number of hydrogen-bond acceptors (Lipinski definition) is 6. The first-order valence-electron chi connectivity index (χ1n) is 9.22. The van der Waals surface area contributed by atoms with Gasteiger partial charge < -0.3 is 19.6 Å². The first kappa shape index (κ1) is 23.8. The number of carbonyl (C=O) groups is 1. The summed E-state index contributed by atoms with van der Waals surface area (Å²) in [6.07, 6.45) is 0. The van der Waals surface area contributed by atoms with E-state index in [4.69, 9.17) is 16.3 Å². The van der Waals surface area contributed by atoms with E-state index in [1.807, 2.05) is 30.8 Å². The quantitative estimate of drug-likeness (QED) is 0.567. The number of nitrogens with zero attached hydrogens (tertiary/aromatic N) is 2. The van der Waals surface area contributed by atoms with Gasteiger partial charge >= 0.3 is 5.97 Å². The van der Waals surface area contributed by atoms with Gasteiger partial charge in [-0.2, -0.15) is 0 Å². The number of hydrogen-bond donors (Lipinski definition) is 2. The van der Waals surface area contributed by atoms with Crippen LogP contribution in [0.2, 0.25) is 5.02 Å². The number of nitrogens with one attached hydrogen (secondary N) is 1. The van der Waals surface area contributed by atoms with Gasteiger partial charge in [-0.15, -0.1) is 0 Å². The summed E-state index contributed by atoms with van der Waals surface area (Å²) in [5.41, 5.74) is 0.753. The first-order valence-corrected chi connectivity index (χ1v) is 11.1. The molecule has 0 bridgehead atoms. The van der Waals surface area contributed by atoms with Crippen LogP contribution in [0.25, 0.3) is 0 Å². The lowest BCUT2D eigenvalue weighted by molar-refractivity contribution is 0.0697. The molecule has 2 rings (SSSR count). The number of aromatic carboxylic acids is 1. The number of methoxy groups -OCH3 is 1. The fourth-order valence-electron chi connectivity index (χ4n) is 2.81. The molecule has 0 aliphatic rings. The highest BCUT2D eigenvalue weighted by atomic mass is 35.5. The van der Waals surface area contributed by atoms with Crippen molar-refractivity contribution in [3.8, 4) is 5.75 Å². The van der Waals surface area contributed by atoms with Crippen molar-refractivity contribution in [1.82, 2.24) is 4.90 Å². The number of carboxylic acids is 1. The van der Waals surface area contributed by atoms with Gasteiger partial charge in [-0.25, -0.2) is 13.2 Å². The Balaban J connectivity index is 2.48. The van der Waals surface area contributed by atoms with E-state index in [1.165, 1.54) is 37.4 Å². The predicted octanol–water partition coefficient (Wildman–Crippen LogP) is 3.24. The minimum absolute atomic E-state index is 0.0205. The zero-order chi connectivity index (χ0) is 22.5. The third-order valence-corrected chi connectivity index (χ3v) is 6.12. The van der Waals surface area contributed by atoms with Crippen molar-refractivity contribution < 1.29 is 23.1 Å². The Morgan fingerprint density at radius 2 is 1.87 bits per heavy atom. The lowest BCUT2D eigenvalue weighted by Crippen LogP contribution is -2.32. The van der Waals surface area contributed by atoms with Crippen molar-refractivity contribution >= 4 is 39.0 Å². The van der Waals surface area contributed by atoms with Gasteiger partial charge in [0.25, 0.3) is 10.0 Å². The average Bonchev–Trinajstić information content (AvgIpc) is 2.68. The van der Waals surface area contributed by atoms with Gasteiger partial charge in [-0.1, -0.05) is 11.6 Å². The number of carboxylic acid groups (broad SMARTS) is 1. The number of benzene rings is 2. The molecule has 2 aromatic rings. The van der Waals surface area contributed by atoms with E-state index in [-0.39, 0.29) is 21.2 Å². The zero-order valence-corrected chi connectivity index (χ0v) is 18.9. The van der Waals surface area contributed by atoms with Crippen LogP contribution in [0.5, 0.6) is 5.75 Å². The van der Waals surface area contributed by atoms with Crippen LogP contribution < -0.4 is 14.4 Å². The maximum absolute atomic E-state index is 13.0. The fourth-order valence-corrected chi connectivity index (χ4v) is 4.23. The molecule has 0 saturated carbocycles. The Morgan fingerprint density at radius 1 is 1.17 bits per heavy atom. The molecule has 2 N–H and O–H groups in total. The maximum Gasteiger partial charge on any atom is 0.335 e. The number of halogens is 1. The van der Waals surface area contributed by atoms with Gasteiger partial charge in [0.05, 0.1) is 34.0 Å². The van der Waals surface area contributed by atoms with Crippen molar-refractivity contribution in [2.45, 2.75) is 11.8 Å². The van der Waals surface area contributed by atoms with Gasteiger partial charge in [0.2, 0.25) is 0 Å². The lowest BCUT2D eigenvalue weighted by atomic mass is 10.1. The minimum Gasteiger partial charge on any atom is -0.495 e. The second-order valence-electron chi connectivity index (χ2n) is 6.82. The van der Waals surface area contributed by atoms with Gasteiger partial charge in [0.15, 0.2) is 0 Å². The van der Waals surface area contributed by atoms with E-state index in [1.54, 1.807) is 6.07 Å². The fraction of sp³-hybridized carbons (Fsp3) is 0.350. The molecule has 10 heteroatoms. The van der Waals surface area contributed by atoms with Crippen molar-refractivity contribution in [1.29, 1.82) is 0 Å². The Hall–Kier alpha value is -2.49. The molecule has 164 valence electrons. The SMILES string of the molecule is CCN(CCN(C)C)c1ccc(C(=O)O)cc1NS(=O)(=O)c1ccc(OC)c(Cl)c1. The number of ether oxygens (including phenoxy) is 1. The second kappa shape index (κ2) is 10.0. The molecule has 30 heavy (non-hydrogen) atoms. The predicted molar refractivity (Wildman–Crippen MR) is 119 cm³/mol. The van der Waals surface area contributed by atoms with Gasteiger partial charge in [-0.05, 0) is 57.4 Å². The van der Waals surface area contributed by atoms with Crippen LogP contribution in [-0.2, 0) is 10.0 Å². The topological polar surface area (TPSA) is 99.2 Å². The van der Waals surface area contributed by atoms with Crippen molar-refractivity contribution in [3.63, 3.8) is 0 Å². The first-order chi connectivity index (χ1) is 14.1. The molecular formula is C20H26ClN3O5S. The number of rotatable bonds is 10. The van der Waals surface area contributed by atoms with Gasteiger partial charge in [0, 0.05) is 19.6 Å². The molecule has 0 aliphatic carbocycles. The summed E-state index contributed by atoms with van der Waals surface area (Å²) in [7, 11) is 1.30. The zero-order valence-electron chi connectivity index (χ0n) is 17.3. The summed E-state index contributed by atoms with van der Waals surface area (Å²) in [6.45, 7) is 3.94. The molecule has 0 heterocycles. The van der Waals surface area contributed by atoms with Gasteiger partial charge in [-0.3, -0.25) is 4.72 Å². The molecule has 2 aromatic carbocycles. The normalized spacial score (nSPS) is 11.4. The molecule has 0 unspecified atom stereocenters. The molecule has 0 spiro atoms. The van der Waals surface area contributed by atoms with E-state index in [2.05, 4.69) is 4.72 Å². The minimum atomic E-state index is -4.02. The highest BCUT2D eigenvalue weighted by Gasteiger charge is 2.21.